The Hall–Kier alpha value is -0.550. The smallest absolute Gasteiger partial charge is 0.0616 e. The highest BCUT2D eigenvalue weighted by molar-refractivity contribution is 7.99. The summed E-state index contributed by atoms with van der Waals surface area (Å²) in [6.07, 6.45) is 2.68. The number of thioether (sulfide) groups is 1. The average molecular weight is 309 g/mol. The number of benzene rings is 1. The fraction of sp³-hybridized carbons (Fsp3) is 0.647. The lowest BCUT2D eigenvalue weighted by atomic mass is 9.79. The molecular formula is C17H27NO2S. The Kier molecular flexibility index (Phi) is 7.04. The normalized spacial score (nSPS) is 25.3. The van der Waals surface area contributed by atoms with Crippen molar-refractivity contribution in [2.75, 3.05) is 39.2 Å². The van der Waals surface area contributed by atoms with Gasteiger partial charge in [0.15, 0.2) is 0 Å². The van der Waals surface area contributed by atoms with Crippen molar-refractivity contribution in [2.45, 2.75) is 30.8 Å². The molecule has 1 heterocycles. The molecule has 0 radical (unpaired) electrons. The second kappa shape index (κ2) is 8.79. The summed E-state index contributed by atoms with van der Waals surface area (Å²) in [6, 6.07) is 10.6. The van der Waals surface area contributed by atoms with E-state index < -0.39 is 0 Å². The molecule has 0 saturated carbocycles. The largest absolute Gasteiger partial charge is 0.383 e. The lowest BCUT2D eigenvalue weighted by Gasteiger charge is -2.32. The van der Waals surface area contributed by atoms with Crippen LogP contribution in [0.5, 0.6) is 0 Å². The van der Waals surface area contributed by atoms with E-state index >= 15 is 0 Å². The Morgan fingerprint density at radius 3 is 2.86 bits per heavy atom. The highest BCUT2D eigenvalue weighted by atomic mass is 32.2. The van der Waals surface area contributed by atoms with Crippen molar-refractivity contribution in [3.8, 4) is 0 Å². The zero-order chi connectivity index (χ0) is 15.0. The van der Waals surface area contributed by atoms with Crippen molar-refractivity contribution in [1.29, 1.82) is 0 Å². The minimum atomic E-state index is 0.273. The molecule has 0 spiro atoms. The molecule has 0 amide bonds. The molecule has 0 aliphatic carbocycles. The van der Waals surface area contributed by atoms with E-state index in [0.29, 0.717) is 6.10 Å². The Labute approximate surface area is 132 Å². The molecule has 1 aliphatic heterocycles. The van der Waals surface area contributed by atoms with Crippen LogP contribution in [0.3, 0.4) is 0 Å². The second-order valence-electron chi connectivity index (χ2n) is 5.71. The first-order valence-corrected chi connectivity index (χ1v) is 8.74. The van der Waals surface area contributed by atoms with Crippen molar-refractivity contribution in [3.05, 3.63) is 30.3 Å². The first-order chi connectivity index (χ1) is 10.3. The summed E-state index contributed by atoms with van der Waals surface area (Å²) in [7, 11) is 1.75. The van der Waals surface area contributed by atoms with Gasteiger partial charge in [-0.1, -0.05) is 18.2 Å². The van der Waals surface area contributed by atoms with Crippen LogP contribution in [0, 0.1) is 5.41 Å². The molecule has 21 heavy (non-hydrogen) atoms. The fourth-order valence-corrected chi connectivity index (χ4v) is 3.96. The highest BCUT2D eigenvalue weighted by Crippen LogP contribution is 2.39. The minimum absolute atomic E-state index is 0.273. The molecule has 0 bridgehead atoms. The summed E-state index contributed by atoms with van der Waals surface area (Å²) in [6.45, 7) is 5.81. The van der Waals surface area contributed by atoms with E-state index in [9.17, 15) is 0 Å². The monoisotopic (exact) mass is 309 g/mol. The predicted octanol–water partition coefficient (Wildman–Crippen LogP) is 3.20. The third-order valence-corrected chi connectivity index (χ3v) is 5.42. The van der Waals surface area contributed by atoms with Crippen LogP contribution in [0.25, 0.3) is 0 Å². The number of hydrogen-bond donors (Lipinski definition) is 1. The second-order valence-corrected chi connectivity index (χ2v) is 6.87. The van der Waals surface area contributed by atoms with Gasteiger partial charge in [-0.15, -0.1) is 11.8 Å². The van der Waals surface area contributed by atoms with Crippen molar-refractivity contribution in [2.24, 2.45) is 5.41 Å². The van der Waals surface area contributed by atoms with Crippen LogP contribution < -0.4 is 5.32 Å². The van der Waals surface area contributed by atoms with Crippen LogP contribution in [0.2, 0.25) is 0 Å². The fourth-order valence-electron chi connectivity index (χ4n) is 2.87. The van der Waals surface area contributed by atoms with Crippen LogP contribution in [-0.2, 0) is 9.47 Å². The molecule has 0 aromatic heterocycles. The third-order valence-electron chi connectivity index (χ3n) is 4.40. The summed E-state index contributed by atoms with van der Waals surface area (Å²) in [5.74, 6) is 1.14. The standard InChI is InChI=1S/C17H27NO2S/c1-15-17(8-11-20-15,14-18-10-12-19-2)9-13-21-16-6-4-3-5-7-16/h3-7,15,18H,8-14H2,1-2H3. The third kappa shape index (κ3) is 4.99. The van der Waals surface area contributed by atoms with Gasteiger partial charge in [0.2, 0.25) is 0 Å². The molecule has 4 heteroatoms. The van der Waals surface area contributed by atoms with Gasteiger partial charge in [-0.25, -0.2) is 0 Å². The molecule has 2 rings (SSSR count). The topological polar surface area (TPSA) is 30.5 Å². The summed E-state index contributed by atoms with van der Waals surface area (Å²) >= 11 is 1.94. The van der Waals surface area contributed by atoms with Gasteiger partial charge in [-0.3, -0.25) is 0 Å². The summed E-state index contributed by atoms with van der Waals surface area (Å²) < 4.78 is 11.0. The van der Waals surface area contributed by atoms with Crippen molar-refractivity contribution in [3.63, 3.8) is 0 Å². The van der Waals surface area contributed by atoms with Crippen LogP contribution >= 0.6 is 11.8 Å². The Bertz CT molecular complexity index is 401. The molecule has 118 valence electrons. The Morgan fingerprint density at radius 2 is 2.19 bits per heavy atom. The zero-order valence-electron chi connectivity index (χ0n) is 13.1. The molecular weight excluding hydrogens is 282 g/mol. The molecule has 1 saturated heterocycles. The molecule has 1 N–H and O–H groups in total. The molecule has 1 aliphatic rings. The zero-order valence-corrected chi connectivity index (χ0v) is 14.0. The molecule has 1 aromatic rings. The quantitative estimate of drug-likeness (QED) is 0.560. The number of hydrogen-bond acceptors (Lipinski definition) is 4. The van der Waals surface area contributed by atoms with E-state index in [1.807, 2.05) is 11.8 Å². The van der Waals surface area contributed by atoms with E-state index in [4.69, 9.17) is 9.47 Å². The Balaban J connectivity index is 1.82. The van der Waals surface area contributed by atoms with Gasteiger partial charge in [0, 0.05) is 37.1 Å². The number of rotatable bonds is 9. The number of methoxy groups -OCH3 is 1. The van der Waals surface area contributed by atoms with Gasteiger partial charge in [-0.2, -0.15) is 0 Å². The molecule has 1 aromatic carbocycles. The van der Waals surface area contributed by atoms with Crippen molar-refractivity contribution in [1.82, 2.24) is 5.32 Å². The maximum atomic E-state index is 5.85. The van der Waals surface area contributed by atoms with Gasteiger partial charge in [0.1, 0.15) is 0 Å². The van der Waals surface area contributed by atoms with Gasteiger partial charge in [0.05, 0.1) is 12.7 Å². The number of nitrogens with one attached hydrogen (secondary N) is 1. The average Bonchev–Trinajstić information content (AvgIpc) is 2.86. The molecule has 1 fully saturated rings. The summed E-state index contributed by atoms with van der Waals surface area (Å²) in [4.78, 5) is 1.35. The molecule has 3 nitrogen and oxygen atoms in total. The highest BCUT2D eigenvalue weighted by Gasteiger charge is 2.40. The molecule has 2 unspecified atom stereocenters. The summed E-state index contributed by atoms with van der Waals surface area (Å²) in [5, 5.41) is 3.53. The van der Waals surface area contributed by atoms with Gasteiger partial charge < -0.3 is 14.8 Å². The van der Waals surface area contributed by atoms with E-state index in [2.05, 4.69) is 42.6 Å². The van der Waals surface area contributed by atoms with Crippen LogP contribution in [0.4, 0.5) is 0 Å². The lowest BCUT2D eigenvalue weighted by Crippen LogP contribution is -2.41. The maximum absolute atomic E-state index is 5.85. The van der Waals surface area contributed by atoms with Gasteiger partial charge in [-0.05, 0) is 37.7 Å². The first kappa shape index (κ1) is 16.8. The van der Waals surface area contributed by atoms with E-state index in [1.165, 1.54) is 11.3 Å². The van der Waals surface area contributed by atoms with Crippen LogP contribution in [0.1, 0.15) is 19.8 Å². The summed E-state index contributed by atoms with van der Waals surface area (Å²) in [5.41, 5.74) is 0.273. The maximum Gasteiger partial charge on any atom is 0.0616 e. The van der Waals surface area contributed by atoms with Crippen molar-refractivity contribution >= 4 is 11.8 Å². The predicted molar refractivity (Wildman–Crippen MR) is 89.0 cm³/mol. The first-order valence-electron chi connectivity index (χ1n) is 7.76. The van der Waals surface area contributed by atoms with Crippen LogP contribution in [-0.4, -0.2) is 45.3 Å². The van der Waals surface area contributed by atoms with E-state index in [-0.39, 0.29) is 5.41 Å². The Morgan fingerprint density at radius 1 is 1.38 bits per heavy atom. The van der Waals surface area contributed by atoms with E-state index in [1.54, 1.807) is 7.11 Å². The molecule has 2 atom stereocenters. The lowest BCUT2D eigenvalue weighted by molar-refractivity contribution is 0.0605. The van der Waals surface area contributed by atoms with Gasteiger partial charge >= 0.3 is 0 Å². The van der Waals surface area contributed by atoms with Crippen molar-refractivity contribution < 1.29 is 9.47 Å². The minimum Gasteiger partial charge on any atom is -0.383 e. The number of ether oxygens (including phenoxy) is 2. The van der Waals surface area contributed by atoms with E-state index in [0.717, 1.165) is 38.5 Å². The SMILES string of the molecule is COCCNCC1(CCSc2ccccc2)CCOC1C. The van der Waals surface area contributed by atoms with Gasteiger partial charge in [0.25, 0.3) is 0 Å². The van der Waals surface area contributed by atoms with Crippen LogP contribution in [0.15, 0.2) is 35.2 Å².